The van der Waals surface area contributed by atoms with Crippen LogP contribution in [-0.4, -0.2) is 34.6 Å². The second-order valence-electron chi connectivity index (χ2n) is 6.59. The Morgan fingerprint density at radius 3 is 2.71 bits per heavy atom. The summed E-state index contributed by atoms with van der Waals surface area (Å²) in [5, 5.41) is 12.8. The zero-order valence-electron chi connectivity index (χ0n) is 13.7. The molecule has 1 aromatic heterocycles. The molecule has 1 saturated heterocycles. The van der Waals surface area contributed by atoms with E-state index in [0.29, 0.717) is 32.4 Å². The van der Waals surface area contributed by atoms with Gasteiger partial charge in [-0.2, -0.15) is 0 Å². The molecule has 24 heavy (non-hydrogen) atoms. The molecule has 0 spiro atoms. The van der Waals surface area contributed by atoms with Gasteiger partial charge < -0.3 is 10.0 Å². The summed E-state index contributed by atoms with van der Waals surface area (Å²) in [7, 11) is 0. The lowest BCUT2D eigenvalue weighted by Gasteiger charge is -2.39. The highest BCUT2D eigenvalue weighted by Gasteiger charge is 2.35. The highest BCUT2D eigenvalue weighted by atomic mass is 32.1. The fraction of sp³-hybridized carbons (Fsp3) is 0.421. The van der Waals surface area contributed by atoms with Crippen molar-refractivity contribution < 1.29 is 14.3 Å². The topological polar surface area (TPSA) is 40.5 Å². The smallest absolute Gasteiger partial charge is 0.230 e. The second-order valence-corrected chi connectivity index (χ2v) is 7.57. The predicted octanol–water partition coefficient (Wildman–Crippen LogP) is 3.59. The first-order valence-corrected chi connectivity index (χ1v) is 9.14. The summed E-state index contributed by atoms with van der Waals surface area (Å²) >= 11 is 1.59. The van der Waals surface area contributed by atoms with Crippen LogP contribution in [0, 0.1) is 5.82 Å². The maximum atomic E-state index is 13.3. The Hall–Kier alpha value is -1.72. The number of piperidine rings is 1. The third kappa shape index (κ3) is 3.84. The molecule has 3 nitrogen and oxygen atoms in total. The van der Waals surface area contributed by atoms with Crippen LogP contribution in [0.3, 0.4) is 0 Å². The molecule has 1 aliphatic rings. The number of halogens is 1. The lowest BCUT2D eigenvalue weighted by atomic mass is 9.85. The lowest BCUT2D eigenvalue weighted by molar-refractivity contribution is -0.136. The van der Waals surface area contributed by atoms with Gasteiger partial charge in [-0.3, -0.25) is 4.79 Å². The second kappa shape index (κ2) is 7.03. The maximum Gasteiger partial charge on any atom is 0.230 e. The van der Waals surface area contributed by atoms with E-state index in [1.807, 2.05) is 35.4 Å². The lowest BCUT2D eigenvalue weighted by Crippen LogP contribution is -2.48. The van der Waals surface area contributed by atoms with E-state index in [4.69, 9.17) is 0 Å². The minimum atomic E-state index is -0.864. The molecule has 2 aromatic rings. The quantitative estimate of drug-likeness (QED) is 0.918. The minimum Gasteiger partial charge on any atom is -0.389 e. The number of carbonyl (C=O) groups is 1. The summed E-state index contributed by atoms with van der Waals surface area (Å²) < 4.78 is 13.3. The molecule has 1 aliphatic heterocycles. The molecule has 1 atom stereocenters. The molecule has 0 radical (unpaired) electrons. The van der Waals surface area contributed by atoms with E-state index in [1.54, 1.807) is 17.4 Å². The van der Waals surface area contributed by atoms with E-state index in [-0.39, 0.29) is 17.6 Å². The minimum absolute atomic E-state index is 0.116. The third-order valence-electron chi connectivity index (χ3n) is 4.77. The Bertz CT molecular complexity index is 693. The van der Waals surface area contributed by atoms with E-state index in [2.05, 4.69) is 0 Å². The molecule has 1 N–H and O–H groups in total. The predicted molar refractivity (Wildman–Crippen MR) is 93.6 cm³/mol. The summed E-state index contributed by atoms with van der Waals surface area (Å²) in [5.41, 5.74) is -0.0688. The first kappa shape index (κ1) is 17.1. The third-order valence-corrected chi connectivity index (χ3v) is 5.82. The molecule has 0 unspecified atom stereocenters. The number of hydrogen-bond acceptors (Lipinski definition) is 3. The van der Waals surface area contributed by atoms with Gasteiger partial charge >= 0.3 is 0 Å². The molecular formula is C19H22FNO2S. The number of thiophene rings is 1. The first-order chi connectivity index (χ1) is 11.5. The molecule has 5 heteroatoms. The maximum absolute atomic E-state index is 13.3. The van der Waals surface area contributed by atoms with Crippen molar-refractivity contribution in [3.8, 4) is 0 Å². The fourth-order valence-electron chi connectivity index (χ4n) is 3.28. The zero-order chi connectivity index (χ0) is 17.2. The Balaban J connectivity index is 1.59. The van der Waals surface area contributed by atoms with Gasteiger partial charge in [0.1, 0.15) is 5.82 Å². The number of nitrogens with zero attached hydrogens (tertiary/aromatic N) is 1. The standard InChI is InChI=1S/C19H22FNO2S/c1-14(17-6-3-11-24-17)18(22)21-9-7-19(23,8-10-21)13-15-4-2-5-16(20)12-15/h2-6,11-12,14,23H,7-10,13H2,1H3/t14-/m0/s1. The van der Waals surface area contributed by atoms with Crippen molar-refractivity contribution in [1.82, 2.24) is 4.90 Å². The molecule has 128 valence electrons. The number of amides is 1. The molecule has 1 fully saturated rings. The summed E-state index contributed by atoms with van der Waals surface area (Å²) in [4.78, 5) is 15.5. The number of aliphatic hydroxyl groups is 1. The van der Waals surface area contributed by atoms with Gasteiger partial charge in [0.2, 0.25) is 5.91 Å². The number of rotatable bonds is 4. The van der Waals surface area contributed by atoms with Gasteiger partial charge in [0.15, 0.2) is 0 Å². The number of likely N-dealkylation sites (tertiary alicyclic amines) is 1. The number of benzene rings is 1. The van der Waals surface area contributed by atoms with Crippen LogP contribution in [0.2, 0.25) is 0 Å². The average molecular weight is 347 g/mol. The zero-order valence-corrected chi connectivity index (χ0v) is 14.6. The van der Waals surface area contributed by atoms with Gasteiger partial charge in [-0.1, -0.05) is 18.2 Å². The van der Waals surface area contributed by atoms with Crippen LogP contribution in [-0.2, 0) is 11.2 Å². The van der Waals surface area contributed by atoms with Gasteiger partial charge in [0.05, 0.1) is 11.5 Å². The van der Waals surface area contributed by atoms with E-state index < -0.39 is 5.60 Å². The monoisotopic (exact) mass is 347 g/mol. The largest absolute Gasteiger partial charge is 0.389 e. The van der Waals surface area contributed by atoms with Gasteiger partial charge in [0, 0.05) is 24.4 Å². The van der Waals surface area contributed by atoms with Crippen molar-refractivity contribution in [1.29, 1.82) is 0 Å². The van der Waals surface area contributed by atoms with Gasteiger partial charge in [-0.05, 0) is 48.9 Å². The normalized spacial score (nSPS) is 18.4. The summed E-state index contributed by atoms with van der Waals surface area (Å²) in [6.45, 7) is 3.02. The summed E-state index contributed by atoms with van der Waals surface area (Å²) in [6, 6.07) is 10.3. The van der Waals surface area contributed by atoms with Crippen LogP contribution >= 0.6 is 11.3 Å². The van der Waals surface area contributed by atoms with Crippen LogP contribution in [0.4, 0.5) is 4.39 Å². The average Bonchev–Trinajstić information content (AvgIpc) is 3.08. The molecule has 0 bridgehead atoms. The number of carbonyl (C=O) groups excluding carboxylic acids is 1. The Morgan fingerprint density at radius 2 is 2.08 bits per heavy atom. The number of hydrogen-bond donors (Lipinski definition) is 1. The highest BCUT2D eigenvalue weighted by Crippen LogP contribution is 2.29. The highest BCUT2D eigenvalue weighted by molar-refractivity contribution is 7.10. The van der Waals surface area contributed by atoms with Crippen molar-refractivity contribution in [2.45, 2.75) is 37.7 Å². The van der Waals surface area contributed by atoms with Crippen LogP contribution in [0.15, 0.2) is 41.8 Å². The molecule has 3 rings (SSSR count). The molecule has 0 aliphatic carbocycles. The van der Waals surface area contributed by atoms with E-state index in [0.717, 1.165) is 10.4 Å². The fourth-order valence-corrected chi connectivity index (χ4v) is 4.06. The molecule has 1 aromatic carbocycles. The van der Waals surface area contributed by atoms with E-state index in [1.165, 1.54) is 12.1 Å². The van der Waals surface area contributed by atoms with Gasteiger partial charge in [-0.15, -0.1) is 11.3 Å². The van der Waals surface area contributed by atoms with E-state index in [9.17, 15) is 14.3 Å². The van der Waals surface area contributed by atoms with Crippen molar-refractivity contribution in [2.75, 3.05) is 13.1 Å². The van der Waals surface area contributed by atoms with Crippen molar-refractivity contribution in [3.63, 3.8) is 0 Å². The van der Waals surface area contributed by atoms with Gasteiger partial charge in [0.25, 0.3) is 0 Å². The first-order valence-electron chi connectivity index (χ1n) is 8.26. The molecule has 1 amide bonds. The van der Waals surface area contributed by atoms with Gasteiger partial charge in [-0.25, -0.2) is 4.39 Å². The van der Waals surface area contributed by atoms with E-state index >= 15 is 0 Å². The molecular weight excluding hydrogens is 325 g/mol. The Morgan fingerprint density at radius 1 is 1.33 bits per heavy atom. The summed E-state index contributed by atoms with van der Waals surface area (Å²) in [5.74, 6) is -0.307. The SMILES string of the molecule is C[C@H](C(=O)N1CCC(O)(Cc2cccc(F)c2)CC1)c1cccs1. The molecule has 2 heterocycles. The van der Waals surface area contributed by atoms with Crippen LogP contribution in [0.5, 0.6) is 0 Å². The van der Waals surface area contributed by atoms with Crippen molar-refractivity contribution >= 4 is 17.2 Å². The molecule has 0 saturated carbocycles. The van der Waals surface area contributed by atoms with Crippen LogP contribution < -0.4 is 0 Å². The van der Waals surface area contributed by atoms with Crippen molar-refractivity contribution in [2.24, 2.45) is 0 Å². The Kier molecular flexibility index (Phi) is 5.01. The van der Waals surface area contributed by atoms with Crippen LogP contribution in [0.1, 0.15) is 36.1 Å². The Labute approximate surface area is 145 Å². The summed E-state index contributed by atoms with van der Waals surface area (Å²) in [6.07, 6.45) is 1.46. The van der Waals surface area contributed by atoms with Crippen LogP contribution in [0.25, 0.3) is 0 Å². The van der Waals surface area contributed by atoms with Crippen molar-refractivity contribution in [3.05, 3.63) is 58.0 Å².